The lowest BCUT2D eigenvalue weighted by Gasteiger charge is -2.28. The zero-order valence-corrected chi connectivity index (χ0v) is 15.8. The van der Waals surface area contributed by atoms with Crippen molar-refractivity contribution in [2.45, 2.75) is 71.9 Å². The molecule has 0 saturated heterocycles. The summed E-state index contributed by atoms with van der Waals surface area (Å²) in [4.78, 5) is 34.2. The van der Waals surface area contributed by atoms with Gasteiger partial charge in [0.15, 0.2) is 0 Å². The summed E-state index contributed by atoms with van der Waals surface area (Å²) in [5.74, 6) is -2.04. The van der Waals surface area contributed by atoms with Crippen molar-refractivity contribution in [3.8, 4) is 0 Å². The van der Waals surface area contributed by atoms with Crippen LogP contribution in [0.4, 0.5) is 0 Å². The van der Waals surface area contributed by atoms with Crippen LogP contribution >= 0.6 is 0 Å². The second-order valence-electron chi connectivity index (χ2n) is 7.52. The van der Waals surface area contributed by atoms with E-state index in [9.17, 15) is 9.59 Å². The van der Waals surface area contributed by atoms with Gasteiger partial charge in [-0.3, -0.25) is 0 Å². The van der Waals surface area contributed by atoms with Crippen molar-refractivity contribution in [1.29, 1.82) is 0 Å². The molecule has 0 heterocycles. The molecule has 0 aliphatic rings. The number of benzene rings is 1. The molecule has 0 fully saturated rings. The molecule has 0 aromatic heterocycles. The molecular weight excluding hydrogens is 324 g/mol. The molecule has 1 rings (SSSR count). The molecule has 0 aliphatic heterocycles. The van der Waals surface area contributed by atoms with Crippen molar-refractivity contribution in [1.82, 2.24) is 0 Å². The van der Waals surface area contributed by atoms with Crippen molar-refractivity contribution < 1.29 is 28.8 Å². The summed E-state index contributed by atoms with van der Waals surface area (Å²) in [7, 11) is 0. The molecule has 6 nitrogen and oxygen atoms in total. The lowest BCUT2D eigenvalue weighted by Crippen LogP contribution is -2.36. The third kappa shape index (κ3) is 9.22. The van der Waals surface area contributed by atoms with Gasteiger partial charge >= 0.3 is 11.9 Å². The smallest absolute Gasteiger partial charge is 0.418 e. The molecule has 1 aromatic carbocycles. The van der Waals surface area contributed by atoms with E-state index in [1.165, 1.54) is 0 Å². The maximum absolute atomic E-state index is 11.9. The maximum atomic E-state index is 11.9. The van der Waals surface area contributed by atoms with Crippen LogP contribution in [0.25, 0.3) is 0 Å². The van der Waals surface area contributed by atoms with Gasteiger partial charge < -0.3 is 9.47 Å². The molecule has 140 valence electrons. The highest BCUT2D eigenvalue weighted by Gasteiger charge is 2.31. The van der Waals surface area contributed by atoms with Crippen molar-refractivity contribution in [3.63, 3.8) is 0 Å². The molecule has 6 heteroatoms. The summed E-state index contributed by atoms with van der Waals surface area (Å²) in [5, 5.41) is 0. The van der Waals surface area contributed by atoms with Gasteiger partial charge in [-0.25, -0.2) is 19.4 Å². The van der Waals surface area contributed by atoms with Gasteiger partial charge in [0.2, 0.25) is 0 Å². The molecule has 1 atom stereocenters. The summed E-state index contributed by atoms with van der Waals surface area (Å²) in [5.41, 5.74) is -0.538. The van der Waals surface area contributed by atoms with Crippen LogP contribution in [0.3, 0.4) is 0 Å². The number of esters is 2. The Kier molecular flexibility index (Phi) is 7.58. The standard InChI is InChI=1S/C19H28O6/c1-14(24-25-18(2,3)4)12-19(5,6)23-17(21)16(20)22-13-15-10-8-7-9-11-15/h7-11,14H,12-13H2,1-6H3. The number of carbonyl (C=O) groups is 2. The van der Waals surface area contributed by atoms with Crippen LogP contribution in [0, 0.1) is 0 Å². The lowest BCUT2D eigenvalue weighted by molar-refractivity contribution is -0.373. The fraction of sp³-hybridized carbons (Fsp3) is 0.579. The normalized spacial score (nSPS) is 13.2. The van der Waals surface area contributed by atoms with Crippen LogP contribution in [-0.2, 0) is 35.4 Å². The first-order valence-electron chi connectivity index (χ1n) is 8.27. The van der Waals surface area contributed by atoms with Gasteiger partial charge in [0.25, 0.3) is 0 Å². The molecule has 0 saturated carbocycles. The number of rotatable bonds is 7. The molecule has 0 radical (unpaired) electrons. The first kappa shape index (κ1) is 21.1. The van der Waals surface area contributed by atoms with Crippen LogP contribution in [-0.4, -0.2) is 29.2 Å². The van der Waals surface area contributed by atoms with E-state index >= 15 is 0 Å². The Hall–Kier alpha value is -1.92. The third-order valence-corrected chi connectivity index (χ3v) is 2.99. The minimum absolute atomic E-state index is 0.0220. The van der Waals surface area contributed by atoms with Gasteiger partial charge in [0.05, 0.1) is 11.7 Å². The minimum Gasteiger partial charge on any atom is -0.452 e. The van der Waals surface area contributed by atoms with Crippen molar-refractivity contribution in [2.75, 3.05) is 0 Å². The summed E-state index contributed by atoms with van der Waals surface area (Å²) in [6.07, 6.45) is 0.0446. The molecule has 1 aromatic rings. The molecule has 0 spiro atoms. The third-order valence-electron chi connectivity index (χ3n) is 2.99. The highest BCUT2D eigenvalue weighted by Crippen LogP contribution is 2.21. The highest BCUT2D eigenvalue weighted by atomic mass is 17.2. The SMILES string of the molecule is CC(CC(C)(C)OC(=O)C(=O)OCc1ccccc1)OOC(C)(C)C. The minimum atomic E-state index is -1.02. The largest absolute Gasteiger partial charge is 0.452 e. The number of carbonyl (C=O) groups excluding carboxylic acids is 2. The van der Waals surface area contributed by atoms with Crippen LogP contribution in [0.2, 0.25) is 0 Å². The predicted molar refractivity (Wildman–Crippen MR) is 92.4 cm³/mol. The average Bonchev–Trinajstić information content (AvgIpc) is 2.50. The molecule has 1 unspecified atom stereocenters. The molecule has 0 aliphatic carbocycles. The number of hydrogen-bond donors (Lipinski definition) is 0. The Morgan fingerprint density at radius 3 is 2.16 bits per heavy atom. The first-order chi connectivity index (χ1) is 11.5. The topological polar surface area (TPSA) is 71.1 Å². The molecule has 0 amide bonds. The van der Waals surface area contributed by atoms with E-state index in [1.54, 1.807) is 32.9 Å². The molecular formula is C19H28O6. The van der Waals surface area contributed by atoms with Crippen LogP contribution in [0.5, 0.6) is 0 Å². The fourth-order valence-corrected chi connectivity index (χ4v) is 2.07. The number of ether oxygens (including phenoxy) is 2. The van der Waals surface area contributed by atoms with Gasteiger partial charge in [-0.15, -0.1) is 0 Å². The molecule has 25 heavy (non-hydrogen) atoms. The van der Waals surface area contributed by atoms with Crippen molar-refractivity contribution in [2.24, 2.45) is 0 Å². The van der Waals surface area contributed by atoms with Crippen molar-refractivity contribution >= 4 is 11.9 Å². The van der Waals surface area contributed by atoms with E-state index in [2.05, 4.69) is 0 Å². The first-order valence-corrected chi connectivity index (χ1v) is 8.27. The van der Waals surface area contributed by atoms with Crippen LogP contribution in [0.1, 0.15) is 53.5 Å². The fourth-order valence-electron chi connectivity index (χ4n) is 2.07. The monoisotopic (exact) mass is 352 g/mol. The second kappa shape index (κ2) is 8.97. The summed E-state index contributed by atoms with van der Waals surface area (Å²) in [6.45, 7) is 10.8. The maximum Gasteiger partial charge on any atom is 0.418 e. The Morgan fingerprint density at radius 1 is 1.00 bits per heavy atom. The van der Waals surface area contributed by atoms with Gasteiger partial charge in [-0.2, -0.15) is 0 Å². The quantitative estimate of drug-likeness (QED) is 0.323. The van der Waals surface area contributed by atoms with Gasteiger partial charge in [0.1, 0.15) is 12.2 Å². The van der Waals surface area contributed by atoms with Gasteiger partial charge in [-0.1, -0.05) is 30.3 Å². The van der Waals surface area contributed by atoms with E-state index in [1.807, 2.05) is 39.0 Å². The second-order valence-corrected chi connectivity index (χ2v) is 7.52. The highest BCUT2D eigenvalue weighted by molar-refractivity contribution is 6.29. The Morgan fingerprint density at radius 2 is 1.60 bits per heavy atom. The molecule has 0 bridgehead atoms. The van der Waals surface area contributed by atoms with E-state index in [0.717, 1.165) is 5.56 Å². The Labute approximate surface area is 149 Å². The van der Waals surface area contributed by atoms with Gasteiger partial charge in [-0.05, 0) is 47.1 Å². The number of hydrogen-bond acceptors (Lipinski definition) is 6. The van der Waals surface area contributed by atoms with E-state index in [0.29, 0.717) is 6.42 Å². The van der Waals surface area contributed by atoms with Gasteiger partial charge in [0, 0.05) is 6.42 Å². The summed E-state index contributed by atoms with van der Waals surface area (Å²) >= 11 is 0. The zero-order valence-electron chi connectivity index (χ0n) is 15.8. The lowest BCUT2D eigenvalue weighted by atomic mass is 10.0. The zero-order chi connectivity index (χ0) is 19.1. The Balaban J connectivity index is 2.43. The Bertz CT molecular complexity index is 559. The summed E-state index contributed by atoms with van der Waals surface area (Å²) < 4.78 is 10.2. The van der Waals surface area contributed by atoms with E-state index < -0.39 is 23.1 Å². The average molecular weight is 352 g/mol. The van der Waals surface area contributed by atoms with Crippen molar-refractivity contribution in [3.05, 3.63) is 35.9 Å². The predicted octanol–water partition coefficient (Wildman–Crippen LogP) is 3.58. The van der Waals surface area contributed by atoms with E-state index in [4.69, 9.17) is 19.2 Å². The molecule has 0 N–H and O–H groups in total. The van der Waals surface area contributed by atoms with E-state index in [-0.39, 0.29) is 12.7 Å². The van der Waals surface area contributed by atoms with Crippen LogP contribution in [0.15, 0.2) is 30.3 Å². The summed E-state index contributed by atoms with van der Waals surface area (Å²) in [6, 6.07) is 9.11. The van der Waals surface area contributed by atoms with Crippen LogP contribution < -0.4 is 0 Å².